The van der Waals surface area contributed by atoms with Gasteiger partial charge in [0.25, 0.3) is 5.91 Å². The van der Waals surface area contributed by atoms with Crippen LogP contribution >= 0.6 is 0 Å². The average molecular weight is 372 g/mol. The second kappa shape index (κ2) is 7.52. The first-order valence-corrected chi connectivity index (χ1v) is 9.07. The minimum absolute atomic E-state index is 0.284. The first-order valence-electron chi connectivity index (χ1n) is 9.07. The van der Waals surface area contributed by atoms with Crippen LogP contribution in [0.15, 0.2) is 77.9 Å². The lowest BCUT2D eigenvalue weighted by Crippen LogP contribution is -2.32. The van der Waals surface area contributed by atoms with Crippen LogP contribution < -0.4 is 10.9 Å². The van der Waals surface area contributed by atoms with E-state index >= 15 is 0 Å². The van der Waals surface area contributed by atoms with Crippen molar-refractivity contribution in [1.82, 2.24) is 20.1 Å². The predicted octanol–water partition coefficient (Wildman–Crippen LogP) is 3.20. The molecule has 4 aromatic rings. The molecule has 0 aliphatic heterocycles. The fourth-order valence-electron chi connectivity index (χ4n) is 3.31. The Bertz CT molecular complexity index is 1160. The molecule has 0 aliphatic rings. The van der Waals surface area contributed by atoms with Crippen molar-refractivity contribution in [3.05, 3.63) is 100 Å². The van der Waals surface area contributed by atoms with E-state index < -0.39 is 0 Å². The Labute approximate surface area is 161 Å². The zero-order chi connectivity index (χ0) is 19.5. The third-order valence-electron chi connectivity index (χ3n) is 4.68. The Morgan fingerprint density at radius 3 is 2.71 bits per heavy atom. The van der Waals surface area contributed by atoms with Crippen LogP contribution in [0.1, 0.15) is 27.5 Å². The number of nitrogens with one attached hydrogen (secondary N) is 2. The van der Waals surface area contributed by atoms with E-state index in [0.29, 0.717) is 17.6 Å². The summed E-state index contributed by atoms with van der Waals surface area (Å²) in [5.41, 5.74) is 2.70. The number of aromatic nitrogens is 3. The molecule has 0 bridgehead atoms. The van der Waals surface area contributed by atoms with Crippen LogP contribution in [0.5, 0.6) is 0 Å². The van der Waals surface area contributed by atoms with Gasteiger partial charge in [0.2, 0.25) is 5.56 Å². The predicted molar refractivity (Wildman–Crippen MR) is 108 cm³/mol. The van der Waals surface area contributed by atoms with Crippen LogP contribution in [-0.2, 0) is 6.54 Å². The maximum atomic E-state index is 13.1. The van der Waals surface area contributed by atoms with Crippen molar-refractivity contribution in [2.45, 2.75) is 19.5 Å². The Hall–Kier alpha value is -3.67. The maximum absolute atomic E-state index is 13.1. The zero-order valence-electron chi connectivity index (χ0n) is 15.4. The highest BCUT2D eigenvalue weighted by Gasteiger charge is 2.19. The van der Waals surface area contributed by atoms with Crippen LogP contribution in [0.25, 0.3) is 10.9 Å². The summed E-state index contributed by atoms with van der Waals surface area (Å²) >= 11 is 0. The maximum Gasteiger partial charge on any atom is 0.252 e. The minimum Gasteiger partial charge on any atom is -0.343 e. The number of hydrogen-bond donors (Lipinski definition) is 2. The van der Waals surface area contributed by atoms with Crippen molar-refractivity contribution in [3.8, 4) is 0 Å². The molecule has 4 rings (SSSR count). The largest absolute Gasteiger partial charge is 0.343 e. The number of amides is 1. The summed E-state index contributed by atoms with van der Waals surface area (Å²) in [6, 6.07) is 18.3. The molecular weight excluding hydrogens is 352 g/mol. The second-order valence-corrected chi connectivity index (χ2v) is 6.76. The first kappa shape index (κ1) is 17.7. The number of H-pyrrole nitrogens is 1. The van der Waals surface area contributed by atoms with Crippen molar-refractivity contribution >= 4 is 16.8 Å². The lowest BCUT2D eigenvalue weighted by atomic mass is 10.0. The summed E-state index contributed by atoms with van der Waals surface area (Å²) < 4.78 is 1.78. The highest BCUT2D eigenvalue weighted by Crippen LogP contribution is 2.20. The SMILES string of the molecule is Cc1ccc2[nH]c(=O)cc(C(=O)NC(Cn3cccn3)c3ccccc3)c2c1. The molecule has 0 aliphatic carbocycles. The number of nitrogens with zero attached hydrogens (tertiary/aromatic N) is 2. The van der Waals surface area contributed by atoms with E-state index in [2.05, 4.69) is 15.4 Å². The number of hydrogen-bond acceptors (Lipinski definition) is 3. The Balaban J connectivity index is 1.71. The number of carbonyl (C=O) groups is 1. The smallest absolute Gasteiger partial charge is 0.252 e. The van der Waals surface area contributed by atoms with E-state index in [-0.39, 0.29) is 17.5 Å². The zero-order valence-corrected chi connectivity index (χ0v) is 15.4. The number of carbonyl (C=O) groups excluding carboxylic acids is 1. The Morgan fingerprint density at radius 2 is 1.96 bits per heavy atom. The van der Waals surface area contributed by atoms with Crippen molar-refractivity contribution in [2.75, 3.05) is 0 Å². The van der Waals surface area contributed by atoms with E-state index in [4.69, 9.17) is 0 Å². The van der Waals surface area contributed by atoms with E-state index in [1.54, 1.807) is 10.9 Å². The molecule has 6 heteroatoms. The summed E-state index contributed by atoms with van der Waals surface area (Å²) in [7, 11) is 0. The summed E-state index contributed by atoms with van der Waals surface area (Å²) in [6.07, 6.45) is 3.56. The number of benzene rings is 2. The molecule has 2 aromatic heterocycles. The van der Waals surface area contributed by atoms with Crippen LogP contribution in [0, 0.1) is 6.92 Å². The molecule has 140 valence electrons. The van der Waals surface area contributed by atoms with Gasteiger partial charge in [0.05, 0.1) is 18.2 Å². The van der Waals surface area contributed by atoms with Crippen molar-refractivity contribution < 1.29 is 4.79 Å². The molecule has 0 fully saturated rings. The minimum atomic E-state index is -0.301. The number of aryl methyl sites for hydroxylation is 1. The third kappa shape index (κ3) is 3.71. The molecule has 1 unspecified atom stereocenters. The van der Waals surface area contributed by atoms with Crippen molar-refractivity contribution in [1.29, 1.82) is 0 Å². The van der Waals surface area contributed by atoms with Crippen LogP contribution in [-0.4, -0.2) is 20.7 Å². The highest BCUT2D eigenvalue weighted by molar-refractivity contribution is 6.06. The Kier molecular flexibility index (Phi) is 4.76. The summed E-state index contributed by atoms with van der Waals surface area (Å²) in [4.78, 5) is 28.0. The van der Waals surface area contributed by atoms with Crippen LogP contribution in [0.4, 0.5) is 0 Å². The first-order chi connectivity index (χ1) is 13.6. The summed E-state index contributed by atoms with van der Waals surface area (Å²) in [5, 5.41) is 8.05. The molecule has 0 saturated heterocycles. The van der Waals surface area contributed by atoms with Gasteiger partial charge in [-0.05, 0) is 30.7 Å². The molecule has 2 N–H and O–H groups in total. The Morgan fingerprint density at radius 1 is 1.14 bits per heavy atom. The highest BCUT2D eigenvalue weighted by atomic mass is 16.2. The van der Waals surface area contributed by atoms with Gasteiger partial charge in [-0.1, -0.05) is 42.0 Å². The molecular formula is C22H20N4O2. The number of aromatic amines is 1. The van der Waals surface area contributed by atoms with Gasteiger partial charge in [-0.15, -0.1) is 0 Å². The van der Waals surface area contributed by atoms with Crippen LogP contribution in [0.3, 0.4) is 0 Å². The van der Waals surface area contributed by atoms with Gasteiger partial charge in [-0.25, -0.2) is 0 Å². The number of rotatable bonds is 5. The summed E-state index contributed by atoms with van der Waals surface area (Å²) in [5.74, 6) is -0.289. The fraction of sp³-hybridized carbons (Fsp3) is 0.136. The molecule has 0 spiro atoms. The van der Waals surface area contributed by atoms with Crippen molar-refractivity contribution in [2.24, 2.45) is 0 Å². The molecule has 1 amide bonds. The molecule has 0 radical (unpaired) electrons. The van der Waals surface area contributed by atoms with E-state index in [9.17, 15) is 9.59 Å². The van der Waals surface area contributed by atoms with E-state index in [1.165, 1.54) is 6.07 Å². The van der Waals surface area contributed by atoms with Gasteiger partial charge in [-0.3, -0.25) is 14.3 Å². The second-order valence-electron chi connectivity index (χ2n) is 6.76. The molecule has 2 heterocycles. The normalized spacial score (nSPS) is 12.0. The van der Waals surface area contributed by atoms with Crippen molar-refractivity contribution in [3.63, 3.8) is 0 Å². The number of pyridine rings is 1. The van der Waals surface area contributed by atoms with Gasteiger partial charge in [0.15, 0.2) is 0 Å². The lowest BCUT2D eigenvalue weighted by Gasteiger charge is -2.20. The molecule has 28 heavy (non-hydrogen) atoms. The fourth-order valence-corrected chi connectivity index (χ4v) is 3.31. The van der Waals surface area contributed by atoms with Gasteiger partial charge in [-0.2, -0.15) is 5.10 Å². The lowest BCUT2D eigenvalue weighted by molar-refractivity contribution is 0.0933. The third-order valence-corrected chi connectivity index (χ3v) is 4.68. The van der Waals surface area contributed by atoms with E-state index in [0.717, 1.165) is 16.5 Å². The average Bonchev–Trinajstić information content (AvgIpc) is 3.21. The quantitative estimate of drug-likeness (QED) is 0.565. The molecule has 2 aromatic carbocycles. The van der Waals surface area contributed by atoms with Gasteiger partial charge in [0.1, 0.15) is 0 Å². The summed E-state index contributed by atoms with van der Waals surface area (Å²) in [6.45, 7) is 2.44. The molecule has 1 atom stereocenters. The number of fused-ring (bicyclic) bond motifs is 1. The standard InChI is InChI=1S/C22H20N4O2/c1-15-8-9-19-17(12-15)18(13-21(27)24-19)22(28)25-20(14-26-11-5-10-23-26)16-6-3-2-4-7-16/h2-13,20H,14H2,1H3,(H,24,27)(H,25,28). The van der Waals surface area contributed by atoms with Gasteiger partial charge < -0.3 is 10.3 Å². The topological polar surface area (TPSA) is 79.8 Å². The van der Waals surface area contributed by atoms with E-state index in [1.807, 2.05) is 67.7 Å². The van der Waals surface area contributed by atoms with Crippen LogP contribution in [0.2, 0.25) is 0 Å². The van der Waals surface area contributed by atoms with Gasteiger partial charge in [0, 0.05) is 29.4 Å². The monoisotopic (exact) mass is 372 g/mol. The van der Waals surface area contributed by atoms with Gasteiger partial charge >= 0.3 is 0 Å². The molecule has 0 saturated carbocycles. The molecule has 6 nitrogen and oxygen atoms in total.